The van der Waals surface area contributed by atoms with Crippen molar-refractivity contribution in [1.82, 2.24) is 0 Å². The second-order valence-corrected chi connectivity index (χ2v) is 4.54. The number of benzene rings is 2. The van der Waals surface area contributed by atoms with Crippen molar-refractivity contribution in [3.05, 3.63) is 59.2 Å². The molecule has 0 saturated heterocycles. The molecule has 2 rings (SSSR count). The zero-order valence-electron chi connectivity index (χ0n) is 11.0. The van der Waals surface area contributed by atoms with Gasteiger partial charge in [0.25, 0.3) is 0 Å². The van der Waals surface area contributed by atoms with Crippen molar-refractivity contribution in [2.75, 3.05) is 14.2 Å². The number of alkyl halides is 1. The zero-order chi connectivity index (χ0) is 14.7. The monoisotopic (exact) mass is 298 g/mol. The lowest BCUT2D eigenvalue weighted by Gasteiger charge is -2.16. The average Bonchev–Trinajstić information content (AvgIpc) is 2.46. The third-order valence-electron chi connectivity index (χ3n) is 2.96. The Hall–Kier alpha value is -1.81. The van der Waals surface area contributed by atoms with Gasteiger partial charge >= 0.3 is 0 Å². The first-order chi connectivity index (χ1) is 9.58. The fourth-order valence-electron chi connectivity index (χ4n) is 1.95. The number of halogens is 3. The van der Waals surface area contributed by atoms with Gasteiger partial charge in [-0.05, 0) is 30.3 Å². The molecular weight excluding hydrogens is 286 g/mol. The number of ether oxygens (including phenoxy) is 2. The summed E-state index contributed by atoms with van der Waals surface area (Å²) < 4.78 is 37.9. The second kappa shape index (κ2) is 6.09. The summed E-state index contributed by atoms with van der Waals surface area (Å²) in [5, 5.41) is -1.01. The van der Waals surface area contributed by atoms with E-state index in [1.54, 1.807) is 18.2 Å². The zero-order valence-corrected chi connectivity index (χ0v) is 11.7. The summed E-state index contributed by atoms with van der Waals surface area (Å²) in [7, 11) is 2.96. The number of rotatable bonds is 4. The normalized spacial score (nSPS) is 12.1. The first-order valence-electron chi connectivity index (χ1n) is 5.88. The molecule has 0 radical (unpaired) electrons. The van der Waals surface area contributed by atoms with Crippen LogP contribution in [0.1, 0.15) is 16.5 Å². The predicted octanol–water partition coefficient (Wildman–Crippen LogP) is 4.31. The van der Waals surface area contributed by atoms with E-state index < -0.39 is 17.0 Å². The lowest BCUT2D eigenvalue weighted by Crippen LogP contribution is -2.03. The summed E-state index contributed by atoms with van der Waals surface area (Å²) in [6, 6.07) is 8.55. The van der Waals surface area contributed by atoms with Gasteiger partial charge in [-0.25, -0.2) is 8.78 Å². The largest absolute Gasteiger partial charge is 0.497 e. The van der Waals surface area contributed by atoms with Crippen LogP contribution in [0.2, 0.25) is 0 Å². The highest BCUT2D eigenvalue weighted by Crippen LogP contribution is 2.39. The van der Waals surface area contributed by atoms with E-state index in [1.807, 2.05) is 0 Å². The van der Waals surface area contributed by atoms with Crippen LogP contribution in [0.25, 0.3) is 0 Å². The van der Waals surface area contributed by atoms with Gasteiger partial charge in [-0.2, -0.15) is 0 Å². The van der Waals surface area contributed by atoms with E-state index in [9.17, 15) is 8.78 Å². The third kappa shape index (κ3) is 2.70. The standard InChI is InChI=1S/C15H13ClF2O2/c1-19-9-6-7-13(20-2)10(8-9)15(16)14-11(17)4-3-5-12(14)18/h3-8,15H,1-2H3. The van der Waals surface area contributed by atoms with Crippen molar-refractivity contribution in [1.29, 1.82) is 0 Å². The van der Waals surface area contributed by atoms with Crippen LogP contribution in [0, 0.1) is 11.6 Å². The lowest BCUT2D eigenvalue weighted by molar-refractivity contribution is 0.398. The van der Waals surface area contributed by atoms with Gasteiger partial charge in [0.1, 0.15) is 23.1 Å². The fourth-order valence-corrected chi connectivity index (χ4v) is 2.32. The molecule has 0 heterocycles. The van der Waals surface area contributed by atoms with Gasteiger partial charge in [0.05, 0.1) is 19.6 Å². The Balaban J connectivity index is 2.55. The van der Waals surface area contributed by atoms with Gasteiger partial charge < -0.3 is 9.47 Å². The van der Waals surface area contributed by atoms with Crippen molar-refractivity contribution in [2.24, 2.45) is 0 Å². The van der Waals surface area contributed by atoms with Crippen LogP contribution in [0.4, 0.5) is 8.78 Å². The maximum atomic E-state index is 13.8. The Bertz CT molecular complexity index is 597. The Labute approximate surface area is 120 Å². The maximum absolute atomic E-state index is 13.8. The van der Waals surface area contributed by atoms with Crippen molar-refractivity contribution < 1.29 is 18.3 Å². The Kier molecular flexibility index (Phi) is 4.45. The first kappa shape index (κ1) is 14.6. The Morgan fingerprint density at radius 2 is 1.65 bits per heavy atom. The van der Waals surface area contributed by atoms with Crippen LogP contribution < -0.4 is 9.47 Å². The Morgan fingerprint density at radius 1 is 1.00 bits per heavy atom. The van der Waals surface area contributed by atoms with Crippen LogP contribution in [0.15, 0.2) is 36.4 Å². The molecule has 0 saturated carbocycles. The summed E-state index contributed by atoms with van der Waals surface area (Å²) in [4.78, 5) is 0. The smallest absolute Gasteiger partial charge is 0.131 e. The van der Waals surface area contributed by atoms with E-state index in [1.165, 1.54) is 32.4 Å². The van der Waals surface area contributed by atoms with Gasteiger partial charge in [-0.15, -0.1) is 11.6 Å². The van der Waals surface area contributed by atoms with E-state index in [2.05, 4.69) is 0 Å². The molecule has 0 fully saturated rings. The molecule has 2 aromatic rings. The minimum absolute atomic E-state index is 0.208. The molecule has 5 heteroatoms. The molecule has 0 aliphatic rings. The summed E-state index contributed by atoms with van der Waals surface area (Å²) in [6.45, 7) is 0. The highest BCUT2D eigenvalue weighted by molar-refractivity contribution is 6.22. The maximum Gasteiger partial charge on any atom is 0.131 e. The van der Waals surface area contributed by atoms with E-state index in [0.717, 1.165) is 0 Å². The molecule has 2 nitrogen and oxygen atoms in total. The minimum Gasteiger partial charge on any atom is -0.497 e. The number of methoxy groups -OCH3 is 2. The van der Waals surface area contributed by atoms with Gasteiger partial charge in [-0.3, -0.25) is 0 Å². The number of hydrogen-bond donors (Lipinski definition) is 0. The van der Waals surface area contributed by atoms with Crippen LogP contribution in [0.3, 0.4) is 0 Å². The first-order valence-corrected chi connectivity index (χ1v) is 6.32. The molecule has 0 amide bonds. The minimum atomic E-state index is -1.01. The summed E-state index contributed by atoms with van der Waals surface area (Å²) in [5.41, 5.74) is 0.234. The quantitative estimate of drug-likeness (QED) is 0.783. The second-order valence-electron chi connectivity index (χ2n) is 4.11. The van der Waals surface area contributed by atoms with Gasteiger partial charge in [0.2, 0.25) is 0 Å². The van der Waals surface area contributed by atoms with Crippen LogP contribution >= 0.6 is 11.6 Å². The lowest BCUT2D eigenvalue weighted by atomic mass is 10.0. The molecule has 0 N–H and O–H groups in total. The van der Waals surface area contributed by atoms with Gasteiger partial charge in [0.15, 0.2) is 0 Å². The van der Waals surface area contributed by atoms with Gasteiger partial charge in [0, 0.05) is 11.1 Å². The molecule has 0 spiro atoms. The van der Waals surface area contributed by atoms with E-state index >= 15 is 0 Å². The molecule has 0 bridgehead atoms. The summed E-state index contributed by atoms with van der Waals surface area (Å²) >= 11 is 6.24. The van der Waals surface area contributed by atoms with Crippen molar-refractivity contribution in [3.8, 4) is 11.5 Å². The molecule has 106 valence electrons. The average molecular weight is 299 g/mol. The summed E-state index contributed by atoms with van der Waals surface area (Å²) in [5.74, 6) is -0.429. The molecule has 0 aliphatic heterocycles. The van der Waals surface area contributed by atoms with Crippen molar-refractivity contribution >= 4 is 11.6 Å². The molecule has 1 unspecified atom stereocenters. The SMILES string of the molecule is COc1ccc(OC)c(C(Cl)c2c(F)cccc2F)c1. The molecule has 0 aromatic heterocycles. The highest BCUT2D eigenvalue weighted by atomic mass is 35.5. The van der Waals surface area contributed by atoms with Crippen molar-refractivity contribution in [2.45, 2.75) is 5.38 Å². The van der Waals surface area contributed by atoms with E-state index in [0.29, 0.717) is 17.1 Å². The van der Waals surface area contributed by atoms with Crippen LogP contribution in [0.5, 0.6) is 11.5 Å². The Morgan fingerprint density at radius 3 is 2.20 bits per heavy atom. The van der Waals surface area contributed by atoms with Gasteiger partial charge in [-0.1, -0.05) is 6.07 Å². The van der Waals surface area contributed by atoms with Crippen LogP contribution in [-0.2, 0) is 0 Å². The molecule has 0 aliphatic carbocycles. The molecule has 1 atom stereocenters. The molecule has 20 heavy (non-hydrogen) atoms. The fraction of sp³-hybridized carbons (Fsp3) is 0.200. The van der Waals surface area contributed by atoms with Crippen molar-refractivity contribution in [3.63, 3.8) is 0 Å². The molecule has 2 aromatic carbocycles. The van der Waals surface area contributed by atoms with E-state index in [-0.39, 0.29) is 5.56 Å². The van der Waals surface area contributed by atoms with E-state index in [4.69, 9.17) is 21.1 Å². The van der Waals surface area contributed by atoms with Crippen LogP contribution in [-0.4, -0.2) is 14.2 Å². The molecular formula is C15H13ClF2O2. The number of hydrogen-bond acceptors (Lipinski definition) is 2. The summed E-state index contributed by atoms with van der Waals surface area (Å²) in [6.07, 6.45) is 0. The topological polar surface area (TPSA) is 18.5 Å². The highest BCUT2D eigenvalue weighted by Gasteiger charge is 2.23. The third-order valence-corrected chi connectivity index (χ3v) is 3.42. The predicted molar refractivity (Wildman–Crippen MR) is 73.6 cm³/mol.